The second-order valence-electron chi connectivity index (χ2n) is 3.54. The molecule has 0 spiro atoms. The van der Waals surface area contributed by atoms with Crippen LogP contribution in [-0.4, -0.2) is 10.5 Å². The molecule has 0 bridgehead atoms. The molecular weight excluding hydrogens is 216 g/mol. The predicted molar refractivity (Wildman–Crippen MR) is 53.2 cm³/mol. The SMILES string of the molecule is CC1(Nc2ccncc2Br)CC1. The van der Waals surface area contributed by atoms with Crippen molar-refractivity contribution in [2.45, 2.75) is 25.3 Å². The second-order valence-corrected chi connectivity index (χ2v) is 4.40. The van der Waals surface area contributed by atoms with Crippen molar-refractivity contribution in [1.29, 1.82) is 0 Å². The van der Waals surface area contributed by atoms with Gasteiger partial charge < -0.3 is 5.32 Å². The Morgan fingerprint density at radius 1 is 1.58 bits per heavy atom. The molecule has 0 aliphatic heterocycles. The number of nitrogens with one attached hydrogen (secondary N) is 1. The standard InChI is InChI=1S/C9H11BrN2/c1-9(3-4-9)12-8-2-5-11-6-7(8)10/h2,5-6H,3-4H2,1H3,(H,11,12). The van der Waals surface area contributed by atoms with Crippen LogP contribution in [0.15, 0.2) is 22.9 Å². The minimum Gasteiger partial charge on any atom is -0.379 e. The summed E-state index contributed by atoms with van der Waals surface area (Å²) in [7, 11) is 0. The van der Waals surface area contributed by atoms with Crippen LogP contribution < -0.4 is 5.32 Å². The highest BCUT2D eigenvalue weighted by Gasteiger charge is 2.37. The summed E-state index contributed by atoms with van der Waals surface area (Å²) in [6.07, 6.45) is 6.15. The lowest BCUT2D eigenvalue weighted by Crippen LogP contribution is -2.16. The third-order valence-corrected chi connectivity index (χ3v) is 2.84. The first-order valence-corrected chi connectivity index (χ1v) is 4.87. The maximum atomic E-state index is 4.01. The summed E-state index contributed by atoms with van der Waals surface area (Å²) in [6, 6.07) is 1.99. The topological polar surface area (TPSA) is 24.9 Å². The molecule has 12 heavy (non-hydrogen) atoms. The van der Waals surface area contributed by atoms with E-state index in [1.807, 2.05) is 12.3 Å². The van der Waals surface area contributed by atoms with Gasteiger partial charge in [0.25, 0.3) is 0 Å². The first kappa shape index (κ1) is 8.05. The quantitative estimate of drug-likeness (QED) is 0.840. The first-order valence-electron chi connectivity index (χ1n) is 4.07. The molecule has 64 valence electrons. The van der Waals surface area contributed by atoms with E-state index in [2.05, 4.69) is 33.2 Å². The number of nitrogens with zero attached hydrogens (tertiary/aromatic N) is 1. The summed E-state index contributed by atoms with van der Waals surface area (Å²) < 4.78 is 1.04. The Hall–Kier alpha value is -0.570. The molecule has 1 fully saturated rings. The summed E-state index contributed by atoms with van der Waals surface area (Å²) in [5.74, 6) is 0. The van der Waals surface area contributed by atoms with Crippen molar-refractivity contribution < 1.29 is 0 Å². The molecule has 1 aromatic heterocycles. The molecule has 1 N–H and O–H groups in total. The Labute approximate surface area is 80.5 Å². The highest BCUT2D eigenvalue weighted by molar-refractivity contribution is 9.10. The van der Waals surface area contributed by atoms with Crippen molar-refractivity contribution in [3.8, 4) is 0 Å². The number of aromatic nitrogens is 1. The summed E-state index contributed by atoms with van der Waals surface area (Å²) in [5.41, 5.74) is 1.48. The highest BCUT2D eigenvalue weighted by Crippen LogP contribution is 2.39. The van der Waals surface area contributed by atoms with Crippen LogP contribution in [0.2, 0.25) is 0 Å². The van der Waals surface area contributed by atoms with Crippen molar-refractivity contribution in [3.63, 3.8) is 0 Å². The highest BCUT2D eigenvalue weighted by atomic mass is 79.9. The number of pyridine rings is 1. The van der Waals surface area contributed by atoms with Crippen molar-refractivity contribution in [2.75, 3.05) is 5.32 Å². The molecule has 1 aliphatic carbocycles. The van der Waals surface area contributed by atoms with Crippen molar-refractivity contribution >= 4 is 21.6 Å². The van der Waals surface area contributed by atoms with Crippen molar-refractivity contribution in [1.82, 2.24) is 4.98 Å². The fourth-order valence-electron chi connectivity index (χ4n) is 1.11. The van der Waals surface area contributed by atoms with Crippen LogP contribution in [0.1, 0.15) is 19.8 Å². The lowest BCUT2D eigenvalue weighted by molar-refractivity contribution is 0.828. The van der Waals surface area contributed by atoms with E-state index in [1.165, 1.54) is 12.8 Å². The smallest absolute Gasteiger partial charge is 0.0590 e. The van der Waals surface area contributed by atoms with Gasteiger partial charge in [0.15, 0.2) is 0 Å². The van der Waals surface area contributed by atoms with E-state index in [9.17, 15) is 0 Å². The minimum atomic E-state index is 0.337. The fourth-order valence-corrected chi connectivity index (χ4v) is 1.46. The van der Waals surface area contributed by atoms with Gasteiger partial charge in [-0.25, -0.2) is 0 Å². The van der Waals surface area contributed by atoms with Crippen molar-refractivity contribution in [3.05, 3.63) is 22.9 Å². The van der Waals surface area contributed by atoms with E-state index in [0.717, 1.165) is 10.2 Å². The molecule has 1 heterocycles. The maximum absolute atomic E-state index is 4.01. The van der Waals surface area contributed by atoms with Crippen LogP contribution in [0.3, 0.4) is 0 Å². The molecule has 2 nitrogen and oxygen atoms in total. The number of hydrogen-bond acceptors (Lipinski definition) is 2. The van der Waals surface area contributed by atoms with Gasteiger partial charge in [-0.2, -0.15) is 0 Å². The Morgan fingerprint density at radius 3 is 2.92 bits per heavy atom. The molecule has 1 aliphatic rings. The van der Waals surface area contributed by atoms with E-state index < -0.39 is 0 Å². The Kier molecular flexibility index (Phi) is 1.83. The van der Waals surface area contributed by atoms with E-state index in [1.54, 1.807) is 6.20 Å². The van der Waals surface area contributed by atoms with Crippen molar-refractivity contribution in [2.24, 2.45) is 0 Å². The molecule has 1 saturated carbocycles. The van der Waals surface area contributed by atoms with E-state index in [4.69, 9.17) is 0 Å². The van der Waals surface area contributed by atoms with Gasteiger partial charge in [-0.1, -0.05) is 0 Å². The number of rotatable bonds is 2. The summed E-state index contributed by atoms with van der Waals surface area (Å²) in [4.78, 5) is 4.01. The van der Waals surface area contributed by atoms with E-state index in [-0.39, 0.29) is 0 Å². The average Bonchev–Trinajstić information content (AvgIpc) is 2.74. The largest absolute Gasteiger partial charge is 0.379 e. The van der Waals surface area contributed by atoms with Gasteiger partial charge in [-0.15, -0.1) is 0 Å². The van der Waals surface area contributed by atoms with Gasteiger partial charge in [0, 0.05) is 17.9 Å². The van der Waals surface area contributed by atoms with Gasteiger partial charge in [0.2, 0.25) is 0 Å². The molecule has 0 atom stereocenters. The number of anilines is 1. The fraction of sp³-hybridized carbons (Fsp3) is 0.444. The lowest BCUT2D eigenvalue weighted by Gasteiger charge is -2.13. The van der Waals surface area contributed by atoms with Gasteiger partial charge in [-0.3, -0.25) is 4.98 Å². The Balaban J connectivity index is 2.17. The minimum absolute atomic E-state index is 0.337. The molecule has 0 unspecified atom stereocenters. The summed E-state index contributed by atoms with van der Waals surface area (Å²) >= 11 is 3.45. The third kappa shape index (κ3) is 1.61. The molecule has 0 aromatic carbocycles. The van der Waals surface area contributed by atoms with E-state index in [0.29, 0.717) is 5.54 Å². The summed E-state index contributed by atoms with van der Waals surface area (Å²) in [5, 5.41) is 3.47. The average molecular weight is 227 g/mol. The summed E-state index contributed by atoms with van der Waals surface area (Å²) in [6.45, 7) is 2.24. The zero-order valence-electron chi connectivity index (χ0n) is 6.97. The van der Waals surface area contributed by atoms with Crippen LogP contribution >= 0.6 is 15.9 Å². The van der Waals surface area contributed by atoms with Crippen LogP contribution in [0, 0.1) is 0 Å². The molecular formula is C9H11BrN2. The van der Waals surface area contributed by atoms with Gasteiger partial charge in [-0.05, 0) is 41.8 Å². The van der Waals surface area contributed by atoms with Crippen LogP contribution in [-0.2, 0) is 0 Å². The second kappa shape index (κ2) is 2.73. The predicted octanol–water partition coefficient (Wildman–Crippen LogP) is 2.81. The lowest BCUT2D eigenvalue weighted by atomic mass is 10.3. The molecule has 3 heteroatoms. The zero-order chi connectivity index (χ0) is 8.60. The number of hydrogen-bond donors (Lipinski definition) is 1. The first-order chi connectivity index (χ1) is 5.70. The normalized spacial score (nSPS) is 18.8. The monoisotopic (exact) mass is 226 g/mol. The third-order valence-electron chi connectivity index (χ3n) is 2.21. The van der Waals surface area contributed by atoms with E-state index >= 15 is 0 Å². The Bertz CT molecular complexity index is 294. The van der Waals surface area contributed by atoms with Gasteiger partial charge >= 0.3 is 0 Å². The zero-order valence-corrected chi connectivity index (χ0v) is 8.56. The van der Waals surface area contributed by atoms with Crippen LogP contribution in [0.5, 0.6) is 0 Å². The Morgan fingerprint density at radius 2 is 2.33 bits per heavy atom. The van der Waals surface area contributed by atoms with Crippen LogP contribution in [0.4, 0.5) is 5.69 Å². The maximum Gasteiger partial charge on any atom is 0.0590 e. The molecule has 0 radical (unpaired) electrons. The van der Waals surface area contributed by atoms with Crippen LogP contribution in [0.25, 0.3) is 0 Å². The molecule has 0 saturated heterocycles. The molecule has 2 rings (SSSR count). The molecule has 0 amide bonds. The molecule has 1 aromatic rings. The van der Waals surface area contributed by atoms with Gasteiger partial charge in [0.1, 0.15) is 0 Å². The number of halogens is 1. The van der Waals surface area contributed by atoms with Gasteiger partial charge in [0.05, 0.1) is 10.2 Å².